The second-order valence-electron chi connectivity index (χ2n) is 6.32. The number of ketones is 1. The molecule has 0 amide bonds. The largest absolute Gasteiger partial charge is 0.300 e. The Balaban J connectivity index is 2.54. The Morgan fingerprint density at radius 2 is 2.05 bits per heavy atom. The van der Waals surface area contributed by atoms with Gasteiger partial charge in [-0.05, 0) is 38.6 Å². The zero-order valence-corrected chi connectivity index (χ0v) is 13.3. The first-order valence-corrected chi connectivity index (χ1v) is 8.40. The van der Waals surface area contributed by atoms with Crippen LogP contribution in [0.4, 0.5) is 0 Å². The van der Waals surface area contributed by atoms with Crippen molar-refractivity contribution in [3.63, 3.8) is 0 Å². The first kappa shape index (κ1) is 16.7. The van der Waals surface area contributed by atoms with E-state index in [1.807, 2.05) is 0 Å². The number of nitrogens with zero attached hydrogens (tertiary/aromatic N) is 1. The number of hydrogen-bond donors (Lipinski definition) is 0. The number of hydrogen-bond acceptors (Lipinski definition) is 2. The molecule has 1 fully saturated rings. The molecule has 0 N–H and O–H groups in total. The first-order chi connectivity index (χ1) is 9.17. The lowest BCUT2D eigenvalue weighted by molar-refractivity contribution is -0.118. The van der Waals surface area contributed by atoms with Crippen molar-refractivity contribution in [2.45, 2.75) is 84.6 Å². The summed E-state index contributed by atoms with van der Waals surface area (Å²) in [4.78, 5) is 14.1. The van der Waals surface area contributed by atoms with Gasteiger partial charge in [-0.1, -0.05) is 46.0 Å². The second-order valence-corrected chi connectivity index (χ2v) is 6.32. The number of carbonyl (C=O) groups is 1. The maximum Gasteiger partial charge on any atom is 0.131 e. The summed E-state index contributed by atoms with van der Waals surface area (Å²) in [6.45, 7) is 8.77. The van der Waals surface area contributed by atoms with Gasteiger partial charge in [0.1, 0.15) is 5.78 Å². The van der Waals surface area contributed by atoms with Crippen molar-refractivity contribution < 1.29 is 4.79 Å². The van der Waals surface area contributed by atoms with Gasteiger partial charge in [-0.25, -0.2) is 0 Å². The van der Waals surface area contributed by atoms with Crippen LogP contribution < -0.4 is 0 Å². The molecule has 2 nitrogen and oxygen atoms in total. The topological polar surface area (TPSA) is 20.3 Å². The lowest BCUT2D eigenvalue weighted by atomic mass is 9.96. The van der Waals surface area contributed by atoms with E-state index in [0.717, 1.165) is 12.3 Å². The van der Waals surface area contributed by atoms with Gasteiger partial charge in [0.05, 0.1) is 0 Å². The Morgan fingerprint density at radius 1 is 1.26 bits per heavy atom. The van der Waals surface area contributed by atoms with Gasteiger partial charge < -0.3 is 0 Å². The molecule has 0 bridgehead atoms. The summed E-state index contributed by atoms with van der Waals surface area (Å²) in [6.07, 6.45) is 11.3. The lowest BCUT2D eigenvalue weighted by Crippen LogP contribution is -2.39. The SMILES string of the molecule is CCCCC(CC)CN1CCCCCC1CC(C)=O. The number of likely N-dealkylation sites (tertiary alicyclic amines) is 1. The molecule has 1 saturated heterocycles. The third-order valence-corrected chi connectivity index (χ3v) is 4.56. The summed E-state index contributed by atoms with van der Waals surface area (Å²) >= 11 is 0. The Kier molecular flexibility index (Phi) is 8.36. The van der Waals surface area contributed by atoms with Gasteiger partial charge in [-0.2, -0.15) is 0 Å². The molecule has 19 heavy (non-hydrogen) atoms. The van der Waals surface area contributed by atoms with Crippen LogP contribution in [0.25, 0.3) is 0 Å². The average molecular weight is 267 g/mol. The summed E-state index contributed by atoms with van der Waals surface area (Å²) in [6, 6.07) is 0.524. The van der Waals surface area contributed by atoms with Crippen LogP contribution in [0, 0.1) is 5.92 Å². The van der Waals surface area contributed by atoms with Gasteiger partial charge in [0, 0.05) is 19.0 Å². The Labute approximate surface area is 119 Å². The molecule has 0 aliphatic carbocycles. The standard InChI is InChI=1S/C17H33NO/c1-4-6-10-16(5-2)14-18-12-9-7-8-11-17(18)13-15(3)19/h16-17H,4-14H2,1-3H3. The molecule has 1 rings (SSSR count). The van der Waals surface area contributed by atoms with E-state index in [-0.39, 0.29) is 0 Å². The predicted molar refractivity (Wildman–Crippen MR) is 82.4 cm³/mol. The van der Waals surface area contributed by atoms with Crippen LogP contribution in [0.2, 0.25) is 0 Å². The molecule has 0 saturated carbocycles. The highest BCUT2D eigenvalue weighted by Gasteiger charge is 2.24. The Hall–Kier alpha value is -0.370. The van der Waals surface area contributed by atoms with Crippen molar-refractivity contribution in [2.24, 2.45) is 5.92 Å². The molecule has 112 valence electrons. The first-order valence-electron chi connectivity index (χ1n) is 8.40. The van der Waals surface area contributed by atoms with E-state index in [1.165, 1.54) is 64.5 Å². The van der Waals surface area contributed by atoms with E-state index in [1.54, 1.807) is 6.92 Å². The Bertz CT molecular complexity index is 252. The van der Waals surface area contributed by atoms with Gasteiger partial charge in [-0.15, -0.1) is 0 Å². The highest BCUT2D eigenvalue weighted by molar-refractivity contribution is 5.76. The molecular formula is C17H33NO. The van der Waals surface area contributed by atoms with Crippen LogP contribution in [0.3, 0.4) is 0 Å². The zero-order valence-electron chi connectivity index (χ0n) is 13.3. The molecule has 2 heteroatoms. The number of rotatable bonds is 8. The van der Waals surface area contributed by atoms with E-state index in [2.05, 4.69) is 18.7 Å². The second kappa shape index (κ2) is 9.52. The van der Waals surface area contributed by atoms with Gasteiger partial charge in [-0.3, -0.25) is 9.69 Å². The van der Waals surface area contributed by atoms with E-state index in [4.69, 9.17) is 0 Å². The molecule has 2 unspecified atom stereocenters. The molecule has 0 radical (unpaired) electrons. The van der Waals surface area contributed by atoms with Crippen LogP contribution in [-0.2, 0) is 4.79 Å². The molecule has 1 aliphatic rings. The van der Waals surface area contributed by atoms with Crippen molar-refractivity contribution in [1.82, 2.24) is 4.90 Å². The summed E-state index contributed by atoms with van der Waals surface area (Å²) in [5.41, 5.74) is 0. The highest BCUT2D eigenvalue weighted by Crippen LogP contribution is 2.23. The smallest absolute Gasteiger partial charge is 0.131 e. The minimum absolute atomic E-state index is 0.360. The van der Waals surface area contributed by atoms with Gasteiger partial charge >= 0.3 is 0 Å². The molecule has 0 aromatic rings. The van der Waals surface area contributed by atoms with Gasteiger partial charge in [0.25, 0.3) is 0 Å². The summed E-state index contributed by atoms with van der Waals surface area (Å²) in [5.74, 6) is 1.19. The minimum Gasteiger partial charge on any atom is -0.300 e. The van der Waals surface area contributed by atoms with E-state index < -0.39 is 0 Å². The number of Topliss-reactive ketones (excluding diaryl/α,β-unsaturated/α-hetero) is 1. The maximum atomic E-state index is 11.5. The number of unbranched alkanes of at least 4 members (excludes halogenated alkanes) is 1. The normalized spacial score (nSPS) is 23.0. The molecule has 0 aromatic carbocycles. The van der Waals surface area contributed by atoms with Crippen molar-refractivity contribution >= 4 is 5.78 Å². The third kappa shape index (κ3) is 6.56. The van der Waals surface area contributed by atoms with E-state index in [9.17, 15) is 4.79 Å². The molecule has 0 spiro atoms. The fourth-order valence-electron chi connectivity index (χ4n) is 3.29. The van der Waals surface area contributed by atoms with Crippen LogP contribution in [0.15, 0.2) is 0 Å². The summed E-state index contributed by atoms with van der Waals surface area (Å²) in [5, 5.41) is 0. The van der Waals surface area contributed by atoms with Crippen molar-refractivity contribution in [3.05, 3.63) is 0 Å². The van der Waals surface area contributed by atoms with Gasteiger partial charge in [0.15, 0.2) is 0 Å². The summed E-state index contributed by atoms with van der Waals surface area (Å²) in [7, 11) is 0. The minimum atomic E-state index is 0.360. The van der Waals surface area contributed by atoms with Crippen LogP contribution in [0.1, 0.15) is 78.6 Å². The van der Waals surface area contributed by atoms with Crippen LogP contribution >= 0.6 is 0 Å². The quantitative estimate of drug-likeness (QED) is 0.648. The van der Waals surface area contributed by atoms with Crippen LogP contribution in [0.5, 0.6) is 0 Å². The average Bonchev–Trinajstić information content (AvgIpc) is 2.59. The summed E-state index contributed by atoms with van der Waals surface area (Å²) < 4.78 is 0. The molecule has 2 atom stereocenters. The van der Waals surface area contributed by atoms with Crippen molar-refractivity contribution in [3.8, 4) is 0 Å². The fourth-order valence-corrected chi connectivity index (χ4v) is 3.29. The van der Waals surface area contributed by atoms with E-state index >= 15 is 0 Å². The lowest BCUT2D eigenvalue weighted by Gasteiger charge is -2.32. The van der Waals surface area contributed by atoms with Crippen LogP contribution in [-0.4, -0.2) is 29.8 Å². The van der Waals surface area contributed by atoms with Crippen molar-refractivity contribution in [2.75, 3.05) is 13.1 Å². The molecule has 1 heterocycles. The van der Waals surface area contributed by atoms with Gasteiger partial charge in [0.2, 0.25) is 0 Å². The van der Waals surface area contributed by atoms with Crippen molar-refractivity contribution in [1.29, 1.82) is 0 Å². The molecule has 1 aliphatic heterocycles. The zero-order chi connectivity index (χ0) is 14.1. The monoisotopic (exact) mass is 267 g/mol. The highest BCUT2D eigenvalue weighted by atomic mass is 16.1. The maximum absolute atomic E-state index is 11.5. The molecular weight excluding hydrogens is 234 g/mol. The predicted octanol–water partition coefficient (Wildman–Crippen LogP) is 4.43. The van der Waals surface area contributed by atoms with E-state index in [0.29, 0.717) is 11.8 Å². The Morgan fingerprint density at radius 3 is 2.68 bits per heavy atom. The molecule has 0 aromatic heterocycles. The number of carbonyl (C=O) groups excluding carboxylic acids is 1. The third-order valence-electron chi connectivity index (χ3n) is 4.56. The fraction of sp³-hybridized carbons (Fsp3) is 0.941.